The minimum Gasteiger partial charge on any atom is -0.444 e. The molecule has 0 saturated heterocycles. The van der Waals surface area contributed by atoms with E-state index in [0.717, 1.165) is 5.56 Å². The Morgan fingerprint density at radius 2 is 1.68 bits per heavy atom. The van der Waals surface area contributed by atoms with Crippen molar-refractivity contribution in [2.24, 2.45) is 0 Å². The van der Waals surface area contributed by atoms with Crippen LogP contribution in [0.2, 0.25) is 0 Å². The molecule has 0 aliphatic carbocycles. The van der Waals surface area contributed by atoms with Gasteiger partial charge in [-0.2, -0.15) is 0 Å². The molecule has 0 aliphatic heterocycles. The van der Waals surface area contributed by atoms with Crippen molar-refractivity contribution >= 4 is 19.5 Å². The van der Waals surface area contributed by atoms with Gasteiger partial charge in [0.25, 0.3) is 0 Å². The van der Waals surface area contributed by atoms with Gasteiger partial charge in [-0.1, -0.05) is 30.3 Å². The van der Waals surface area contributed by atoms with Gasteiger partial charge in [-0.05, 0) is 32.8 Å². The number of carbonyl (C=O) groups excluding carboxylic acids is 2. The van der Waals surface area contributed by atoms with Crippen LogP contribution in [-0.4, -0.2) is 43.9 Å². The Morgan fingerprint density at radius 3 is 2.16 bits per heavy atom. The molecule has 0 radical (unpaired) electrons. The highest BCUT2D eigenvalue weighted by Gasteiger charge is 2.32. The molecule has 0 unspecified atom stereocenters. The van der Waals surface area contributed by atoms with Crippen LogP contribution in [-0.2, 0) is 29.6 Å². The SMILES string of the molecule is COP(=O)(CC(=O)[C@H](Cc1ccccc1)NC(=O)OC(C)(C)C)OC. The van der Waals surface area contributed by atoms with Crippen molar-refractivity contribution in [3.05, 3.63) is 35.9 Å². The van der Waals surface area contributed by atoms with E-state index in [-0.39, 0.29) is 6.42 Å². The third kappa shape index (κ3) is 7.82. The Labute approximate surface area is 148 Å². The summed E-state index contributed by atoms with van der Waals surface area (Å²) in [5.41, 5.74) is 0.153. The molecule has 0 spiro atoms. The Morgan fingerprint density at radius 1 is 1.12 bits per heavy atom. The van der Waals surface area contributed by atoms with Crippen LogP contribution in [0.3, 0.4) is 0 Å². The third-order valence-electron chi connectivity index (χ3n) is 3.27. The van der Waals surface area contributed by atoms with Gasteiger partial charge in [-0.25, -0.2) is 4.79 Å². The molecule has 8 heteroatoms. The number of alkyl carbamates (subject to hydrolysis) is 1. The van der Waals surface area contributed by atoms with Crippen LogP contribution >= 0.6 is 7.60 Å². The van der Waals surface area contributed by atoms with E-state index >= 15 is 0 Å². The fourth-order valence-corrected chi connectivity index (χ4v) is 3.06. The molecular weight excluding hydrogens is 345 g/mol. The van der Waals surface area contributed by atoms with E-state index in [1.165, 1.54) is 14.2 Å². The molecule has 0 heterocycles. The molecule has 1 aromatic rings. The van der Waals surface area contributed by atoms with Crippen molar-refractivity contribution < 1.29 is 27.9 Å². The van der Waals surface area contributed by atoms with Crippen molar-refractivity contribution in [2.75, 3.05) is 20.4 Å². The molecular formula is C17H26NO6P. The molecule has 1 amide bonds. The van der Waals surface area contributed by atoms with Gasteiger partial charge in [0.05, 0.1) is 6.04 Å². The Hall–Kier alpha value is -1.69. The molecule has 1 N–H and O–H groups in total. The van der Waals surface area contributed by atoms with Gasteiger partial charge in [0.2, 0.25) is 0 Å². The van der Waals surface area contributed by atoms with E-state index < -0.39 is 37.3 Å². The summed E-state index contributed by atoms with van der Waals surface area (Å²) in [7, 11) is -1.10. The molecule has 7 nitrogen and oxygen atoms in total. The highest BCUT2D eigenvalue weighted by molar-refractivity contribution is 7.54. The summed E-state index contributed by atoms with van der Waals surface area (Å²) >= 11 is 0. The molecule has 25 heavy (non-hydrogen) atoms. The summed E-state index contributed by atoms with van der Waals surface area (Å²) in [6.45, 7) is 5.18. The largest absolute Gasteiger partial charge is 0.444 e. The van der Waals surface area contributed by atoms with E-state index in [4.69, 9.17) is 13.8 Å². The number of hydrogen-bond donors (Lipinski definition) is 1. The van der Waals surface area contributed by atoms with E-state index in [0.29, 0.717) is 0 Å². The highest BCUT2D eigenvalue weighted by atomic mass is 31.2. The van der Waals surface area contributed by atoms with Crippen molar-refractivity contribution in [1.29, 1.82) is 0 Å². The minimum atomic E-state index is -3.52. The lowest BCUT2D eigenvalue weighted by Crippen LogP contribution is -2.45. The van der Waals surface area contributed by atoms with E-state index in [1.54, 1.807) is 20.8 Å². The first kappa shape index (κ1) is 21.4. The monoisotopic (exact) mass is 371 g/mol. The fraction of sp³-hybridized carbons (Fsp3) is 0.529. The fourth-order valence-electron chi connectivity index (χ4n) is 2.05. The average Bonchev–Trinajstić information content (AvgIpc) is 2.53. The number of carbonyl (C=O) groups is 2. The van der Waals surface area contributed by atoms with Crippen LogP contribution in [0.25, 0.3) is 0 Å². The summed E-state index contributed by atoms with van der Waals surface area (Å²) in [5, 5.41) is 2.55. The number of hydrogen-bond acceptors (Lipinski definition) is 6. The zero-order valence-corrected chi connectivity index (χ0v) is 16.2. The van der Waals surface area contributed by atoms with Crippen molar-refractivity contribution in [2.45, 2.75) is 38.8 Å². The van der Waals surface area contributed by atoms with Crippen LogP contribution in [0, 0.1) is 0 Å². The van der Waals surface area contributed by atoms with Crippen LogP contribution in [0.1, 0.15) is 26.3 Å². The second-order valence-electron chi connectivity index (χ2n) is 6.49. The summed E-state index contributed by atoms with van der Waals surface area (Å²) in [5.74, 6) is -0.457. The number of nitrogens with one attached hydrogen (secondary N) is 1. The summed E-state index contributed by atoms with van der Waals surface area (Å²) < 4.78 is 27.1. The van der Waals surface area contributed by atoms with Crippen molar-refractivity contribution in [3.63, 3.8) is 0 Å². The molecule has 1 aromatic carbocycles. The quantitative estimate of drug-likeness (QED) is 0.706. The number of Topliss-reactive ketones (excluding diaryl/α,β-unsaturated/α-hetero) is 1. The molecule has 0 bridgehead atoms. The first-order valence-electron chi connectivity index (χ1n) is 7.85. The van der Waals surface area contributed by atoms with Crippen LogP contribution < -0.4 is 5.32 Å². The summed E-state index contributed by atoms with van der Waals surface area (Å²) in [6.07, 6.45) is -0.911. The number of ketones is 1. The van der Waals surface area contributed by atoms with Gasteiger partial charge in [0.1, 0.15) is 11.8 Å². The van der Waals surface area contributed by atoms with Gasteiger partial charge >= 0.3 is 13.7 Å². The minimum absolute atomic E-state index is 0.242. The zero-order chi connectivity index (χ0) is 19.1. The topological polar surface area (TPSA) is 90.9 Å². The molecule has 0 saturated carbocycles. The maximum atomic E-state index is 12.6. The second kappa shape index (κ2) is 9.13. The first-order valence-corrected chi connectivity index (χ1v) is 9.58. The molecule has 140 valence electrons. The zero-order valence-electron chi connectivity index (χ0n) is 15.3. The van der Waals surface area contributed by atoms with Crippen LogP contribution in [0.5, 0.6) is 0 Å². The van der Waals surface area contributed by atoms with Crippen molar-refractivity contribution in [3.8, 4) is 0 Å². The standard InChI is InChI=1S/C17H26NO6P/c1-17(2,3)24-16(20)18-14(11-13-9-7-6-8-10-13)15(19)12-25(21,22-4)23-5/h6-10,14H,11-12H2,1-5H3,(H,18,20)/t14-/m0/s1. The number of ether oxygens (including phenoxy) is 1. The first-order chi connectivity index (χ1) is 11.6. The van der Waals surface area contributed by atoms with Gasteiger partial charge < -0.3 is 19.1 Å². The lowest BCUT2D eigenvalue weighted by Gasteiger charge is -2.24. The number of benzene rings is 1. The maximum absolute atomic E-state index is 12.6. The van der Waals surface area contributed by atoms with E-state index in [2.05, 4.69) is 5.32 Å². The lowest BCUT2D eigenvalue weighted by atomic mass is 10.0. The smallest absolute Gasteiger partial charge is 0.408 e. The van der Waals surface area contributed by atoms with Gasteiger partial charge in [0.15, 0.2) is 5.78 Å². The summed E-state index contributed by atoms with van der Waals surface area (Å²) in [6, 6.07) is 8.29. The molecule has 1 atom stereocenters. The van der Waals surface area contributed by atoms with Crippen molar-refractivity contribution in [1.82, 2.24) is 5.32 Å². The Kier molecular flexibility index (Phi) is 7.80. The maximum Gasteiger partial charge on any atom is 0.408 e. The molecule has 0 aromatic heterocycles. The van der Waals surface area contributed by atoms with E-state index in [9.17, 15) is 14.2 Å². The number of amides is 1. The Balaban J connectivity index is 2.92. The third-order valence-corrected chi connectivity index (χ3v) is 5.08. The normalized spacial score (nSPS) is 13.2. The lowest BCUT2D eigenvalue weighted by molar-refractivity contribution is -0.118. The molecule has 1 rings (SSSR count). The van der Waals surface area contributed by atoms with Crippen LogP contribution in [0.4, 0.5) is 4.79 Å². The average molecular weight is 371 g/mol. The van der Waals surface area contributed by atoms with Gasteiger partial charge in [0, 0.05) is 14.2 Å². The highest BCUT2D eigenvalue weighted by Crippen LogP contribution is 2.46. The Bertz CT molecular complexity index is 618. The van der Waals surface area contributed by atoms with Gasteiger partial charge in [-0.15, -0.1) is 0 Å². The molecule has 0 fully saturated rings. The molecule has 0 aliphatic rings. The summed E-state index contributed by atoms with van der Waals surface area (Å²) in [4.78, 5) is 24.6. The number of rotatable bonds is 8. The predicted octanol–water partition coefficient (Wildman–Crippen LogP) is 3.18. The van der Waals surface area contributed by atoms with Crippen LogP contribution in [0.15, 0.2) is 30.3 Å². The predicted molar refractivity (Wildman–Crippen MR) is 94.8 cm³/mol. The second-order valence-corrected chi connectivity index (χ2v) is 8.76. The van der Waals surface area contributed by atoms with E-state index in [1.807, 2.05) is 30.3 Å². The van der Waals surface area contributed by atoms with Gasteiger partial charge in [-0.3, -0.25) is 9.36 Å².